The molecule has 0 saturated heterocycles. The van der Waals surface area contributed by atoms with Gasteiger partial charge in [-0.25, -0.2) is 9.97 Å². The highest BCUT2D eigenvalue weighted by Gasteiger charge is 2.14. The third-order valence-electron chi connectivity index (χ3n) is 3.02. The van der Waals surface area contributed by atoms with E-state index in [0.29, 0.717) is 11.4 Å². The van der Waals surface area contributed by atoms with Gasteiger partial charge in [-0.05, 0) is 31.2 Å². The lowest BCUT2D eigenvalue weighted by Crippen LogP contribution is -2.16. The summed E-state index contributed by atoms with van der Waals surface area (Å²) in [6, 6.07) is 11.4. The van der Waals surface area contributed by atoms with Crippen LogP contribution in [0, 0.1) is 12.3 Å². The van der Waals surface area contributed by atoms with E-state index in [1.54, 1.807) is 18.3 Å². The van der Waals surface area contributed by atoms with E-state index in [9.17, 15) is 0 Å². The second-order valence-corrected chi connectivity index (χ2v) is 4.27. The minimum Gasteiger partial charge on any atom is -0.384 e. The van der Waals surface area contributed by atoms with Gasteiger partial charge in [-0.2, -0.15) is 0 Å². The zero-order valence-corrected chi connectivity index (χ0v) is 10.5. The number of hydrogen-bond acceptors (Lipinski definition) is 3. The van der Waals surface area contributed by atoms with Gasteiger partial charge in [0.15, 0.2) is 0 Å². The van der Waals surface area contributed by atoms with E-state index in [2.05, 4.69) is 9.97 Å². The van der Waals surface area contributed by atoms with Crippen molar-refractivity contribution in [2.45, 2.75) is 6.92 Å². The maximum Gasteiger partial charge on any atom is 0.149 e. The Morgan fingerprint density at radius 3 is 2.79 bits per heavy atom. The number of nitrogen functional groups attached to an aromatic ring is 1. The summed E-state index contributed by atoms with van der Waals surface area (Å²) in [5.41, 5.74) is 8.09. The molecular weight excluding hydrogens is 238 g/mol. The highest BCUT2D eigenvalue weighted by atomic mass is 15.1. The van der Waals surface area contributed by atoms with Crippen LogP contribution in [0.1, 0.15) is 11.4 Å². The number of amidine groups is 1. The number of pyridine rings is 1. The smallest absolute Gasteiger partial charge is 0.149 e. The second kappa shape index (κ2) is 4.20. The zero-order chi connectivity index (χ0) is 13.4. The van der Waals surface area contributed by atoms with Gasteiger partial charge in [-0.3, -0.25) is 9.98 Å². The molecule has 0 amide bonds. The fourth-order valence-electron chi connectivity index (χ4n) is 2.20. The Bertz CT molecular complexity index is 772. The van der Waals surface area contributed by atoms with Crippen molar-refractivity contribution in [3.8, 4) is 5.82 Å². The quantitative estimate of drug-likeness (QED) is 0.540. The Hall–Kier alpha value is -2.69. The normalized spacial score (nSPS) is 10.8. The average Bonchev–Trinajstić information content (AvgIpc) is 2.74. The van der Waals surface area contributed by atoms with Gasteiger partial charge in [0.25, 0.3) is 0 Å². The molecule has 0 fully saturated rings. The number of fused-ring (bicyclic) bond motifs is 1. The average molecular weight is 251 g/mol. The van der Waals surface area contributed by atoms with Crippen molar-refractivity contribution in [2.75, 3.05) is 0 Å². The highest BCUT2D eigenvalue weighted by Crippen LogP contribution is 2.21. The first-order valence-electron chi connectivity index (χ1n) is 5.92. The first-order chi connectivity index (χ1) is 9.18. The molecule has 0 atom stereocenters. The summed E-state index contributed by atoms with van der Waals surface area (Å²) in [6.45, 7) is 1.92. The Labute approximate surface area is 110 Å². The highest BCUT2D eigenvalue weighted by molar-refractivity contribution is 5.98. The third-order valence-corrected chi connectivity index (χ3v) is 3.02. The van der Waals surface area contributed by atoms with Gasteiger partial charge in [-0.1, -0.05) is 12.1 Å². The number of aromatic nitrogens is 3. The summed E-state index contributed by atoms with van der Waals surface area (Å²) < 4.78 is 1.92. The molecule has 3 rings (SSSR count). The van der Waals surface area contributed by atoms with E-state index in [-0.39, 0.29) is 5.84 Å². The molecule has 5 heteroatoms. The minimum absolute atomic E-state index is 0.000260. The monoisotopic (exact) mass is 251 g/mol. The third kappa shape index (κ3) is 1.76. The first kappa shape index (κ1) is 11.4. The van der Waals surface area contributed by atoms with Crippen molar-refractivity contribution in [1.29, 1.82) is 5.41 Å². The van der Waals surface area contributed by atoms with Crippen LogP contribution < -0.4 is 5.73 Å². The largest absolute Gasteiger partial charge is 0.384 e. The SMILES string of the molecule is Cc1nc2ccccc2n1-c1ncccc1C(=N)N. The number of rotatable bonds is 2. The van der Waals surface area contributed by atoms with Crippen molar-refractivity contribution in [1.82, 2.24) is 14.5 Å². The predicted molar refractivity (Wildman–Crippen MR) is 74.6 cm³/mol. The van der Waals surface area contributed by atoms with E-state index in [1.165, 1.54) is 0 Å². The van der Waals surface area contributed by atoms with Gasteiger partial charge >= 0.3 is 0 Å². The molecule has 0 bridgehead atoms. The topological polar surface area (TPSA) is 80.6 Å². The molecule has 2 aromatic heterocycles. The van der Waals surface area contributed by atoms with E-state index in [4.69, 9.17) is 11.1 Å². The number of nitrogens with zero attached hydrogens (tertiary/aromatic N) is 3. The lowest BCUT2D eigenvalue weighted by Gasteiger charge is -2.10. The predicted octanol–water partition coefficient (Wildman–Crippen LogP) is 2.01. The van der Waals surface area contributed by atoms with Crippen LogP contribution in [0.4, 0.5) is 0 Å². The molecule has 5 nitrogen and oxygen atoms in total. The molecule has 2 heterocycles. The van der Waals surface area contributed by atoms with Crippen LogP contribution in [0.3, 0.4) is 0 Å². The number of para-hydroxylation sites is 2. The summed E-state index contributed by atoms with van der Waals surface area (Å²) in [4.78, 5) is 8.86. The van der Waals surface area contributed by atoms with Crippen LogP contribution >= 0.6 is 0 Å². The van der Waals surface area contributed by atoms with E-state index in [1.807, 2.05) is 35.8 Å². The Kier molecular flexibility index (Phi) is 2.52. The van der Waals surface area contributed by atoms with Gasteiger partial charge in [-0.15, -0.1) is 0 Å². The second-order valence-electron chi connectivity index (χ2n) is 4.27. The molecule has 1 aromatic carbocycles. The molecule has 0 aliphatic heterocycles. The van der Waals surface area contributed by atoms with Crippen molar-refractivity contribution in [2.24, 2.45) is 5.73 Å². The molecule has 0 unspecified atom stereocenters. The van der Waals surface area contributed by atoms with Gasteiger partial charge in [0.2, 0.25) is 0 Å². The van der Waals surface area contributed by atoms with Crippen LogP contribution in [-0.4, -0.2) is 20.4 Å². The van der Waals surface area contributed by atoms with Crippen LogP contribution in [0.2, 0.25) is 0 Å². The summed E-state index contributed by atoms with van der Waals surface area (Å²) in [5.74, 6) is 1.46. The molecule has 0 spiro atoms. The van der Waals surface area contributed by atoms with Crippen molar-refractivity contribution >= 4 is 16.9 Å². The maximum absolute atomic E-state index is 7.66. The minimum atomic E-state index is 0.000260. The summed E-state index contributed by atoms with van der Waals surface area (Å²) >= 11 is 0. The number of imidazole rings is 1. The Balaban J connectivity index is 2.37. The Morgan fingerprint density at radius 1 is 1.21 bits per heavy atom. The van der Waals surface area contributed by atoms with E-state index in [0.717, 1.165) is 16.9 Å². The fraction of sp³-hybridized carbons (Fsp3) is 0.0714. The fourth-order valence-corrected chi connectivity index (χ4v) is 2.20. The van der Waals surface area contributed by atoms with Crippen molar-refractivity contribution in [3.63, 3.8) is 0 Å². The molecule has 0 aliphatic rings. The summed E-state index contributed by atoms with van der Waals surface area (Å²) in [5, 5.41) is 7.66. The molecule has 94 valence electrons. The lowest BCUT2D eigenvalue weighted by molar-refractivity contribution is 0.952. The van der Waals surface area contributed by atoms with Gasteiger partial charge in [0.1, 0.15) is 17.5 Å². The standard InChI is InChI=1S/C14H13N5/c1-9-18-11-6-2-3-7-12(11)19(9)14-10(13(15)16)5-4-8-17-14/h2-8H,1H3,(H3,15,16). The first-order valence-corrected chi connectivity index (χ1v) is 5.92. The Morgan fingerprint density at radius 2 is 2.00 bits per heavy atom. The number of aryl methyl sites for hydroxylation is 1. The van der Waals surface area contributed by atoms with Crippen LogP contribution in [0.5, 0.6) is 0 Å². The molecule has 0 aliphatic carbocycles. The van der Waals surface area contributed by atoms with Gasteiger partial charge in [0, 0.05) is 6.20 Å². The molecular formula is C14H13N5. The molecule has 19 heavy (non-hydrogen) atoms. The summed E-state index contributed by atoms with van der Waals surface area (Å²) in [7, 11) is 0. The number of nitrogens with two attached hydrogens (primary N) is 1. The summed E-state index contributed by atoms with van der Waals surface area (Å²) in [6.07, 6.45) is 1.69. The number of hydrogen-bond donors (Lipinski definition) is 2. The molecule has 3 aromatic rings. The van der Waals surface area contributed by atoms with Crippen molar-refractivity contribution < 1.29 is 0 Å². The van der Waals surface area contributed by atoms with Crippen molar-refractivity contribution in [3.05, 3.63) is 54.0 Å². The lowest BCUT2D eigenvalue weighted by atomic mass is 10.2. The van der Waals surface area contributed by atoms with Crippen LogP contribution in [-0.2, 0) is 0 Å². The zero-order valence-electron chi connectivity index (χ0n) is 10.5. The van der Waals surface area contributed by atoms with Gasteiger partial charge in [0.05, 0.1) is 16.6 Å². The maximum atomic E-state index is 7.66. The van der Waals surface area contributed by atoms with E-state index < -0.39 is 0 Å². The molecule has 0 radical (unpaired) electrons. The molecule has 0 saturated carbocycles. The number of nitrogens with one attached hydrogen (secondary N) is 1. The van der Waals surface area contributed by atoms with Gasteiger partial charge < -0.3 is 5.73 Å². The van der Waals surface area contributed by atoms with Crippen LogP contribution in [0.15, 0.2) is 42.6 Å². The molecule has 3 N–H and O–H groups in total. The van der Waals surface area contributed by atoms with Crippen LogP contribution in [0.25, 0.3) is 16.9 Å². The number of benzene rings is 1. The van der Waals surface area contributed by atoms with E-state index >= 15 is 0 Å².